The molecule has 2 aromatic rings. The van der Waals surface area contributed by atoms with Gasteiger partial charge >= 0.3 is 0 Å². The second-order valence-electron chi connectivity index (χ2n) is 4.29. The van der Waals surface area contributed by atoms with Crippen molar-refractivity contribution >= 4 is 21.4 Å². The maximum absolute atomic E-state index is 3.47. The molecule has 0 radical (unpaired) electrons. The van der Waals surface area contributed by atoms with Gasteiger partial charge in [0.05, 0.1) is 0 Å². The maximum Gasteiger partial charge on any atom is 0.0390 e. The van der Waals surface area contributed by atoms with E-state index in [1.165, 1.54) is 28.5 Å². The minimum atomic E-state index is 0.562. The Kier molecular flexibility index (Phi) is 2.26. The van der Waals surface area contributed by atoms with Crippen molar-refractivity contribution in [3.8, 4) is 0 Å². The monoisotopic (exact) mass is 217 g/mol. The molecule has 1 aliphatic rings. The number of nitrogens with one attached hydrogen (secondary N) is 1. The molecule has 0 aliphatic heterocycles. The zero-order chi connectivity index (χ0) is 10.3. The lowest BCUT2D eigenvalue weighted by molar-refractivity contribution is 0.533. The summed E-state index contributed by atoms with van der Waals surface area (Å²) in [5, 5.41) is 7.04. The van der Waals surface area contributed by atoms with Gasteiger partial charge in [-0.2, -0.15) is 0 Å². The Hall–Kier alpha value is -0.860. The first kappa shape index (κ1) is 9.37. The first-order valence-electron chi connectivity index (χ1n) is 5.53. The molecule has 0 spiro atoms. The molecule has 1 atom stereocenters. The smallest absolute Gasteiger partial charge is 0.0390 e. The molecule has 78 valence electrons. The lowest BCUT2D eigenvalue weighted by atomic mass is 10.0. The molecule has 1 saturated carbocycles. The second kappa shape index (κ2) is 3.62. The lowest BCUT2D eigenvalue weighted by Crippen LogP contribution is -2.18. The van der Waals surface area contributed by atoms with E-state index >= 15 is 0 Å². The Labute approximate surface area is 94.1 Å². The van der Waals surface area contributed by atoms with Crippen LogP contribution in [0.5, 0.6) is 0 Å². The highest BCUT2D eigenvalue weighted by molar-refractivity contribution is 7.17. The largest absolute Gasteiger partial charge is 0.313 e. The van der Waals surface area contributed by atoms with Crippen LogP contribution >= 0.6 is 11.3 Å². The van der Waals surface area contributed by atoms with Gasteiger partial charge in [0.15, 0.2) is 0 Å². The maximum atomic E-state index is 3.47. The summed E-state index contributed by atoms with van der Waals surface area (Å²) in [5.41, 5.74) is 1.49. The van der Waals surface area contributed by atoms with E-state index in [0.29, 0.717) is 6.04 Å². The van der Waals surface area contributed by atoms with E-state index in [1.807, 2.05) is 11.3 Å². The van der Waals surface area contributed by atoms with E-state index in [1.54, 1.807) is 0 Å². The molecule has 2 heteroatoms. The quantitative estimate of drug-likeness (QED) is 0.828. The Bertz CT molecular complexity index is 470. The summed E-state index contributed by atoms with van der Waals surface area (Å²) in [7, 11) is 2.08. The van der Waals surface area contributed by atoms with Gasteiger partial charge in [-0.15, -0.1) is 11.3 Å². The molecule has 1 aromatic heterocycles. The highest BCUT2D eigenvalue weighted by atomic mass is 32.1. The number of fused-ring (bicyclic) bond motifs is 1. The van der Waals surface area contributed by atoms with E-state index in [0.717, 1.165) is 5.92 Å². The molecule has 1 fully saturated rings. The zero-order valence-corrected chi connectivity index (χ0v) is 9.68. The van der Waals surface area contributed by atoms with Crippen molar-refractivity contribution in [1.29, 1.82) is 0 Å². The second-order valence-corrected chi connectivity index (χ2v) is 5.21. The number of benzene rings is 1. The van der Waals surface area contributed by atoms with Gasteiger partial charge in [0, 0.05) is 10.7 Å². The number of hydrogen-bond donors (Lipinski definition) is 1. The molecule has 0 bridgehead atoms. The predicted molar refractivity (Wildman–Crippen MR) is 66.3 cm³/mol. The van der Waals surface area contributed by atoms with Gasteiger partial charge in [0.25, 0.3) is 0 Å². The van der Waals surface area contributed by atoms with E-state index in [4.69, 9.17) is 0 Å². The van der Waals surface area contributed by atoms with E-state index in [-0.39, 0.29) is 0 Å². The molecule has 15 heavy (non-hydrogen) atoms. The van der Waals surface area contributed by atoms with Gasteiger partial charge in [0.2, 0.25) is 0 Å². The van der Waals surface area contributed by atoms with Crippen LogP contribution in [0.15, 0.2) is 29.6 Å². The Morgan fingerprint density at radius 2 is 2.20 bits per heavy atom. The fraction of sp³-hybridized carbons (Fsp3) is 0.385. The van der Waals surface area contributed by atoms with E-state index in [9.17, 15) is 0 Å². The molecule has 0 saturated heterocycles. The van der Waals surface area contributed by atoms with Gasteiger partial charge < -0.3 is 5.32 Å². The van der Waals surface area contributed by atoms with Crippen LogP contribution in [0.2, 0.25) is 0 Å². The van der Waals surface area contributed by atoms with E-state index in [2.05, 4.69) is 42.0 Å². The molecule has 1 heterocycles. The summed E-state index contributed by atoms with van der Waals surface area (Å²) in [4.78, 5) is 0. The van der Waals surface area contributed by atoms with Crippen molar-refractivity contribution in [2.75, 3.05) is 7.05 Å². The molecule has 1 aromatic carbocycles. The molecular weight excluding hydrogens is 202 g/mol. The van der Waals surface area contributed by atoms with Crippen LogP contribution in [0, 0.1) is 5.92 Å². The summed E-state index contributed by atoms with van der Waals surface area (Å²) in [6.07, 6.45) is 2.76. The average Bonchev–Trinajstić information content (AvgIpc) is 2.97. The van der Waals surface area contributed by atoms with Crippen molar-refractivity contribution in [2.45, 2.75) is 18.9 Å². The first-order chi connectivity index (χ1) is 7.40. The SMILES string of the molecule is CNC(c1cccc2ccsc12)C1CC1. The third kappa shape index (κ3) is 1.58. The van der Waals surface area contributed by atoms with Crippen LogP contribution < -0.4 is 5.32 Å². The first-order valence-corrected chi connectivity index (χ1v) is 6.41. The van der Waals surface area contributed by atoms with Crippen molar-refractivity contribution in [2.24, 2.45) is 5.92 Å². The predicted octanol–water partition coefficient (Wildman–Crippen LogP) is 3.57. The minimum absolute atomic E-state index is 0.562. The average molecular weight is 217 g/mol. The van der Waals surface area contributed by atoms with Crippen molar-refractivity contribution in [1.82, 2.24) is 5.32 Å². The molecule has 3 rings (SSSR count). The third-order valence-corrected chi connectivity index (χ3v) is 4.23. The summed E-state index contributed by atoms with van der Waals surface area (Å²) in [6.45, 7) is 0. The van der Waals surface area contributed by atoms with E-state index < -0.39 is 0 Å². The molecule has 1 N–H and O–H groups in total. The van der Waals surface area contributed by atoms with Crippen LogP contribution in [-0.2, 0) is 0 Å². The van der Waals surface area contributed by atoms with Crippen LogP contribution in [-0.4, -0.2) is 7.05 Å². The van der Waals surface area contributed by atoms with Crippen LogP contribution in [0.1, 0.15) is 24.4 Å². The normalized spacial score (nSPS) is 18.2. The van der Waals surface area contributed by atoms with Gasteiger partial charge in [-0.25, -0.2) is 0 Å². The molecule has 1 aliphatic carbocycles. The number of rotatable bonds is 3. The summed E-state index contributed by atoms with van der Waals surface area (Å²) in [6, 6.07) is 9.43. The lowest BCUT2D eigenvalue weighted by Gasteiger charge is -2.16. The Morgan fingerprint density at radius 1 is 1.33 bits per heavy atom. The van der Waals surface area contributed by atoms with Crippen molar-refractivity contribution < 1.29 is 0 Å². The van der Waals surface area contributed by atoms with Gasteiger partial charge in [-0.05, 0) is 48.2 Å². The van der Waals surface area contributed by atoms with Gasteiger partial charge in [-0.3, -0.25) is 0 Å². The van der Waals surface area contributed by atoms with Gasteiger partial charge in [0.1, 0.15) is 0 Å². The molecule has 0 amide bonds. The molecular formula is C13H15NS. The standard InChI is InChI=1S/C13H15NS/c1-14-12(9-5-6-9)11-4-2-3-10-7-8-15-13(10)11/h2-4,7-9,12,14H,5-6H2,1H3. The number of hydrogen-bond acceptors (Lipinski definition) is 2. The minimum Gasteiger partial charge on any atom is -0.313 e. The van der Waals surface area contributed by atoms with Gasteiger partial charge in [-0.1, -0.05) is 18.2 Å². The zero-order valence-electron chi connectivity index (χ0n) is 8.86. The molecule has 1 nitrogen and oxygen atoms in total. The van der Waals surface area contributed by atoms with Crippen molar-refractivity contribution in [3.63, 3.8) is 0 Å². The highest BCUT2D eigenvalue weighted by Crippen LogP contribution is 2.43. The van der Waals surface area contributed by atoms with Crippen molar-refractivity contribution in [3.05, 3.63) is 35.2 Å². The summed E-state index contributed by atoms with van der Waals surface area (Å²) in [5.74, 6) is 0.864. The van der Waals surface area contributed by atoms with Crippen LogP contribution in [0.3, 0.4) is 0 Å². The number of thiophene rings is 1. The Morgan fingerprint density at radius 3 is 2.93 bits per heavy atom. The Balaban J connectivity index is 2.11. The summed E-state index contributed by atoms with van der Waals surface area (Å²) >= 11 is 1.86. The third-order valence-electron chi connectivity index (χ3n) is 3.25. The molecule has 1 unspecified atom stereocenters. The fourth-order valence-corrected chi connectivity index (χ4v) is 3.29. The summed E-state index contributed by atoms with van der Waals surface area (Å²) < 4.78 is 1.46. The fourth-order valence-electron chi connectivity index (χ4n) is 2.34. The van der Waals surface area contributed by atoms with Crippen LogP contribution in [0.25, 0.3) is 10.1 Å². The van der Waals surface area contributed by atoms with Crippen LogP contribution in [0.4, 0.5) is 0 Å². The highest BCUT2D eigenvalue weighted by Gasteiger charge is 2.32. The topological polar surface area (TPSA) is 12.0 Å².